The molecule has 120 valence electrons. The number of carbonyl (C=O) groups is 1. The standard InChI is InChI=1S/C14H15N5O3S/c1-23(21,22)12-6-10(13(20)19-14(16)17)11(15)5-9(12)8-3-2-4-18-7-8/h2-7H,15H2,1H3,(H4,16,17,19,20). The maximum Gasteiger partial charge on any atom is 0.282 e. The van der Waals surface area contributed by atoms with Gasteiger partial charge in [-0.2, -0.15) is 4.99 Å². The number of pyridine rings is 1. The smallest absolute Gasteiger partial charge is 0.282 e. The molecule has 6 N–H and O–H groups in total. The van der Waals surface area contributed by atoms with Crippen molar-refractivity contribution < 1.29 is 13.2 Å². The van der Waals surface area contributed by atoms with Crippen LogP contribution in [0, 0.1) is 0 Å². The zero-order valence-electron chi connectivity index (χ0n) is 12.2. The lowest BCUT2D eigenvalue weighted by Crippen LogP contribution is -2.24. The molecule has 1 aromatic heterocycles. The highest BCUT2D eigenvalue weighted by Crippen LogP contribution is 2.31. The van der Waals surface area contributed by atoms with Gasteiger partial charge in [-0.05, 0) is 18.2 Å². The molecule has 1 amide bonds. The lowest BCUT2D eigenvalue weighted by molar-refractivity contribution is 0.100. The summed E-state index contributed by atoms with van der Waals surface area (Å²) in [4.78, 5) is 19.2. The van der Waals surface area contributed by atoms with Gasteiger partial charge in [-0.1, -0.05) is 6.07 Å². The molecule has 0 aliphatic heterocycles. The third kappa shape index (κ3) is 3.64. The predicted molar refractivity (Wildman–Crippen MR) is 87.3 cm³/mol. The summed E-state index contributed by atoms with van der Waals surface area (Å²) in [6.07, 6.45) is 4.10. The van der Waals surface area contributed by atoms with Crippen molar-refractivity contribution >= 4 is 27.4 Å². The lowest BCUT2D eigenvalue weighted by Gasteiger charge is -2.12. The van der Waals surface area contributed by atoms with E-state index in [4.69, 9.17) is 17.2 Å². The van der Waals surface area contributed by atoms with Crippen LogP contribution >= 0.6 is 0 Å². The zero-order chi connectivity index (χ0) is 17.2. The number of sulfone groups is 1. The van der Waals surface area contributed by atoms with E-state index in [0.717, 1.165) is 6.26 Å². The third-order valence-electron chi connectivity index (χ3n) is 2.98. The monoisotopic (exact) mass is 333 g/mol. The fourth-order valence-electron chi connectivity index (χ4n) is 2.01. The maximum absolute atomic E-state index is 12.1. The molecule has 23 heavy (non-hydrogen) atoms. The van der Waals surface area contributed by atoms with Crippen LogP contribution in [0.5, 0.6) is 0 Å². The Kier molecular flexibility index (Phi) is 4.32. The third-order valence-corrected chi connectivity index (χ3v) is 4.12. The summed E-state index contributed by atoms with van der Waals surface area (Å²) in [5.41, 5.74) is 17.1. The van der Waals surface area contributed by atoms with Crippen LogP contribution < -0.4 is 17.2 Å². The van der Waals surface area contributed by atoms with Crippen LogP contribution in [0.15, 0.2) is 46.5 Å². The Hall–Kier alpha value is -2.94. The Morgan fingerprint density at radius 3 is 2.48 bits per heavy atom. The molecule has 1 aromatic carbocycles. The molecule has 2 rings (SSSR count). The SMILES string of the molecule is CS(=O)(=O)c1cc(C(=O)N=C(N)N)c(N)cc1-c1cccnc1. The van der Waals surface area contributed by atoms with Crippen molar-refractivity contribution in [3.63, 3.8) is 0 Å². The van der Waals surface area contributed by atoms with Gasteiger partial charge in [0, 0.05) is 35.5 Å². The first-order valence-corrected chi connectivity index (χ1v) is 8.27. The van der Waals surface area contributed by atoms with Crippen LogP contribution in [0.2, 0.25) is 0 Å². The average molecular weight is 333 g/mol. The molecule has 0 fully saturated rings. The topological polar surface area (TPSA) is 155 Å². The fraction of sp³-hybridized carbons (Fsp3) is 0.0714. The normalized spacial score (nSPS) is 11.0. The molecular weight excluding hydrogens is 318 g/mol. The molecule has 0 spiro atoms. The van der Waals surface area contributed by atoms with Crippen LogP contribution in [0.25, 0.3) is 11.1 Å². The molecule has 0 saturated carbocycles. The van der Waals surface area contributed by atoms with Gasteiger partial charge in [0.05, 0.1) is 10.5 Å². The number of benzene rings is 1. The Balaban J connectivity index is 2.74. The number of hydrogen-bond acceptors (Lipinski definition) is 5. The summed E-state index contributed by atoms with van der Waals surface area (Å²) in [6.45, 7) is 0. The maximum atomic E-state index is 12.1. The van der Waals surface area contributed by atoms with E-state index in [1.54, 1.807) is 18.3 Å². The molecule has 0 saturated heterocycles. The number of hydrogen-bond donors (Lipinski definition) is 3. The average Bonchev–Trinajstić information content (AvgIpc) is 2.45. The number of aliphatic imine (C=N–C) groups is 1. The van der Waals surface area contributed by atoms with Crippen LogP contribution in [-0.4, -0.2) is 31.5 Å². The van der Waals surface area contributed by atoms with E-state index >= 15 is 0 Å². The van der Waals surface area contributed by atoms with Crippen LogP contribution in [-0.2, 0) is 9.84 Å². The van der Waals surface area contributed by atoms with Gasteiger partial charge in [-0.15, -0.1) is 0 Å². The molecule has 0 atom stereocenters. The Morgan fingerprint density at radius 1 is 1.26 bits per heavy atom. The van der Waals surface area contributed by atoms with Crippen LogP contribution in [0.4, 0.5) is 5.69 Å². The lowest BCUT2D eigenvalue weighted by atomic mass is 10.0. The van der Waals surface area contributed by atoms with Crippen molar-refractivity contribution in [3.8, 4) is 11.1 Å². The summed E-state index contributed by atoms with van der Waals surface area (Å²) >= 11 is 0. The molecule has 0 unspecified atom stereocenters. The Morgan fingerprint density at radius 2 is 1.96 bits per heavy atom. The zero-order valence-corrected chi connectivity index (χ0v) is 13.0. The largest absolute Gasteiger partial charge is 0.398 e. The van der Waals surface area contributed by atoms with Gasteiger partial charge in [-0.25, -0.2) is 8.42 Å². The number of amides is 1. The summed E-state index contributed by atoms with van der Waals surface area (Å²) < 4.78 is 24.2. The van der Waals surface area contributed by atoms with Crippen LogP contribution in [0.1, 0.15) is 10.4 Å². The number of anilines is 1. The predicted octanol–water partition coefficient (Wildman–Crippen LogP) is 0.148. The Labute approximate surface area is 133 Å². The molecule has 8 nitrogen and oxygen atoms in total. The molecule has 0 radical (unpaired) electrons. The number of guanidine groups is 1. The van der Waals surface area contributed by atoms with Gasteiger partial charge in [0.2, 0.25) is 0 Å². The van der Waals surface area contributed by atoms with E-state index in [-0.39, 0.29) is 16.1 Å². The number of rotatable bonds is 3. The minimum Gasteiger partial charge on any atom is -0.398 e. The van der Waals surface area contributed by atoms with Gasteiger partial charge < -0.3 is 17.2 Å². The highest BCUT2D eigenvalue weighted by atomic mass is 32.2. The highest BCUT2D eigenvalue weighted by molar-refractivity contribution is 7.90. The van der Waals surface area contributed by atoms with Gasteiger partial charge in [0.25, 0.3) is 5.91 Å². The molecule has 9 heteroatoms. The summed E-state index contributed by atoms with van der Waals surface area (Å²) in [5.74, 6) is -1.25. The second-order valence-corrected chi connectivity index (χ2v) is 6.78. The number of aromatic nitrogens is 1. The van der Waals surface area contributed by atoms with E-state index < -0.39 is 21.7 Å². The summed E-state index contributed by atoms with van der Waals surface area (Å²) in [5, 5.41) is 0. The van der Waals surface area contributed by atoms with Crippen LogP contribution in [0.3, 0.4) is 0 Å². The number of nitrogen functional groups attached to an aromatic ring is 1. The number of carbonyl (C=O) groups excluding carboxylic acids is 1. The molecule has 0 aliphatic rings. The van der Waals surface area contributed by atoms with E-state index in [9.17, 15) is 13.2 Å². The van der Waals surface area contributed by atoms with E-state index in [1.807, 2.05) is 0 Å². The minimum atomic E-state index is -3.63. The van der Waals surface area contributed by atoms with E-state index in [2.05, 4.69) is 9.98 Å². The molecule has 1 heterocycles. The van der Waals surface area contributed by atoms with Gasteiger partial charge in [-0.3, -0.25) is 9.78 Å². The van der Waals surface area contributed by atoms with Crippen molar-refractivity contribution in [2.45, 2.75) is 4.90 Å². The van der Waals surface area contributed by atoms with Gasteiger partial charge in [0.1, 0.15) is 0 Å². The van der Waals surface area contributed by atoms with Crippen molar-refractivity contribution in [3.05, 3.63) is 42.2 Å². The number of nitrogens with two attached hydrogens (primary N) is 3. The first-order valence-electron chi connectivity index (χ1n) is 6.38. The summed E-state index contributed by atoms with van der Waals surface area (Å²) in [7, 11) is -3.63. The van der Waals surface area contributed by atoms with Crippen molar-refractivity contribution in [1.82, 2.24) is 4.98 Å². The summed E-state index contributed by atoms with van der Waals surface area (Å²) in [6, 6.07) is 5.91. The minimum absolute atomic E-state index is 0.0613. The van der Waals surface area contributed by atoms with Crippen molar-refractivity contribution in [2.75, 3.05) is 12.0 Å². The quantitative estimate of drug-likeness (QED) is 0.410. The number of nitrogens with zero attached hydrogens (tertiary/aromatic N) is 2. The van der Waals surface area contributed by atoms with Crippen molar-refractivity contribution in [1.29, 1.82) is 0 Å². The Bertz CT molecular complexity index is 888. The molecule has 0 aliphatic carbocycles. The van der Waals surface area contributed by atoms with E-state index in [0.29, 0.717) is 11.1 Å². The second-order valence-electron chi connectivity index (χ2n) is 4.79. The molecular formula is C14H15N5O3S. The molecule has 2 aromatic rings. The molecule has 0 bridgehead atoms. The first-order chi connectivity index (χ1) is 10.7. The second kappa shape index (κ2) is 6.05. The van der Waals surface area contributed by atoms with Gasteiger partial charge >= 0.3 is 0 Å². The fourth-order valence-corrected chi connectivity index (χ4v) is 2.92. The van der Waals surface area contributed by atoms with Crippen molar-refractivity contribution in [2.24, 2.45) is 16.5 Å². The first kappa shape index (κ1) is 16.4. The van der Waals surface area contributed by atoms with Gasteiger partial charge in [0.15, 0.2) is 15.8 Å². The highest BCUT2D eigenvalue weighted by Gasteiger charge is 2.20. The van der Waals surface area contributed by atoms with E-state index in [1.165, 1.54) is 18.3 Å².